The molecule has 1 fully saturated rings. The molecule has 0 aliphatic carbocycles. The summed E-state index contributed by atoms with van der Waals surface area (Å²) in [6, 6.07) is 16.2. The Hall–Kier alpha value is -2.37. The van der Waals surface area contributed by atoms with Crippen LogP contribution >= 0.6 is 12.4 Å². The first-order chi connectivity index (χ1) is 13.2. The van der Waals surface area contributed by atoms with E-state index in [0.717, 1.165) is 39.0 Å². The molecule has 0 spiro atoms. The largest absolute Gasteiger partial charge is 0.339 e. The SMILES string of the molecule is CCNCC1CCN(C(=O)c2ccc(NC(=O)c3ccccc3)cc2)CC1.Cl. The van der Waals surface area contributed by atoms with Gasteiger partial charge in [0.2, 0.25) is 0 Å². The molecular formula is C22H28ClN3O2. The van der Waals surface area contributed by atoms with Crippen molar-refractivity contribution in [1.29, 1.82) is 0 Å². The molecule has 2 amide bonds. The molecule has 1 saturated heterocycles. The Morgan fingerprint density at radius 3 is 2.21 bits per heavy atom. The number of nitrogens with zero attached hydrogens (tertiary/aromatic N) is 1. The van der Waals surface area contributed by atoms with Gasteiger partial charge in [0.05, 0.1) is 0 Å². The lowest BCUT2D eigenvalue weighted by Gasteiger charge is -2.32. The molecule has 150 valence electrons. The van der Waals surface area contributed by atoms with Crippen molar-refractivity contribution in [2.24, 2.45) is 5.92 Å². The summed E-state index contributed by atoms with van der Waals surface area (Å²) >= 11 is 0. The molecule has 2 N–H and O–H groups in total. The van der Waals surface area contributed by atoms with Gasteiger partial charge in [0, 0.05) is 29.9 Å². The number of benzene rings is 2. The number of nitrogens with one attached hydrogen (secondary N) is 2. The molecule has 2 aromatic carbocycles. The van der Waals surface area contributed by atoms with Gasteiger partial charge in [-0.05, 0) is 68.2 Å². The third-order valence-corrected chi connectivity index (χ3v) is 5.01. The molecule has 0 atom stereocenters. The average molecular weight is 402 g/mol. The molecule has 0 saturated carbocycles. The van der Waals surface area contributed by atoms with Crippen molar-refractivity contribution in [3.05, 3.63) is 65.7 Å². The minimum absolute atomic E-state index is 0. The van der Waals surface area contributed by atoms with E-state index < -0.39 is 0 Å². The highest BCUT2D eigenvalue weighted by Gasteiger charge is 2.23. The number of piperidine rings is 1. The molecule has 1 aliphatic rings. The van der Waals surface area contributed by atoms with Crippen LogP contribution in [0.5, 0.6) is 0 Å². The number of carbonyl (C=O) groups is 2. The third-order valence-electron chi connectivity index (χ3n) is 5.01. The predicted molar refractivity (Wildman–Crippen MR) is 115 cm³/mol. The molecule has 3 rings (SSSR count). The van der Waals surface area contributed by atoms with Gasteiger partial charge >= 0.3 is 0 Å². The lowest BCUT2D eigenvalue weighted by Crippen LogP contribution is -2.40. The number of anilines is 1. The molecule has 1 aliphatic heterocycles. The molecule has 0 aromatic heterocycles. The fourth-order valence-corrected chi connectivity index (χ4v) is 3.36. The van der Waals surface area contributed by atoms with E-state index in [1.54, 1.807) is 36.4 Å². The zero-order chi connectivity index (χ0) is 19.1. The standard InChI is InChI=1S/C22H27N3O2.ClH/c1-2-23-16-17-12-14-25(15-13-17)22(27)19-8-10-20(11-9-19)24-21(26)18-6-4-3-5-7-18;/h3-11,17,23H,2,12-16H2,1H3,(H,24,26);1H. The van der Waals surface area contributed by atoms with Crippen LogP contribution in [-0.2, 0) is 0 Å². The van der Waals surface area contributed by atoms with Crippen molar-refractivity contribution in [1.82, 2.24) is 10.2 Å². The molecule has 28 heavy (non-hydrogen) atoms. The summed E-state index contributed by atoms with van der Waals surface area (Å²) in [7, 11) is 0. The number of carbonyl (C=O) groups excluding carboxylic acids is 2. The summed E-state index contributed by atoms with van der Waals surface area (Å²) in [5.74, 6) is 0.569. The van der Waals surface area contributed by atoms with E-state index in [1.165, 1.54) is 0 Å². The van der Waals surface area contributed by atoms with E-state index in [9.17, 15) is 9.59 Å². The van der Waals surface area contributed by atoms with Crippen molar-refractivity contribution in [2.45, 2.75) is 19.8 Å². The van der Waals surface area contributed by atoms with Crippen molar-refractivity contribution >= 4 is 29.9 Å². The minimum Gasteiger partial charge on any atom is -0.339 e. The van der Waals surface area contributed by atoms with Crippen LogP contribution in [0.4, 0.5) is 5.69 Å². The van der Waals surface area contributed by atoms with Crippen LogP contribution < -0.4 is 10.6 Å². The molecular weight excluding hydrogens is 374 g/mol. The number of hydrogen-bond donors (Lipinski definition) is 2. The van der Waals surface area contributed by atoms with E-state index in [2.05, 4.69) is 17.6 Å². The first-order valence-electron chi connectivity index (χ1n) is 9.64. The molecule has 0 bridgehead atoms. The molecule has 5 nitrogen and oxygen atoms in total. The maximum Gasteiger partial charge on any atom is 0.255 e. The van der Waals surface area contributed by atoms with Gasteiger partial charge in [-0.15, -0.1) is 12.4 Å². The zero-order valence-electron chi connectivity index (χ0n) is 16.2. The summed E-state index contributed by atoms with van der Waals surface area (Å²) in [5, 5.41) is 6.25. The van der Waals surface area contributed by atoms with Crippen LogP contribution in [0.2, 0.25) is 0 Å². The van der Waals surface area contributed by atoms with Crippen molar-refractivity contribution in [3.63, 3.8) is 0 Å². The van der Waals surface area contributed by atoms with Gasteiger partial charge in [0.25, 0.3) is 11.8 Å². The molecule has 1 heterocycles. The number of hydrogen-bond acceptors (Lipinski definition) is 3. The number of likely N-dealkylation sites (tertiary alicyclic amines) is 1. The second-order valence-corrected chi connectivity index (χ2v) is 6.94. The van der Waals surface area contributed by atoms with Gasteiger partial charge in [-0.25, -0.2) is 0 Å². The fraction of sp³-hybridized carbons (Fsp3) is 0.364. The van der Waals surface area contributed by atoms with Gasteiger partial charge in [0.15, 0.2) is 0 Å². The van der Waals surface area contributed by atoms with Crippen LogP contribution in [0.15, 0.2) is 54.6 Å². The predicted octanol–water partition coefficient (Wildman–Crippen LogP) is 3.82. The highest BCUT2D eigenvalue weighted by atomic mass is 35.5. The van der Waals surface area contributed by atoms with Gasteiger partial charge in [-0.1, -0.05) is 25.1 Å². The van der Waals surface area contributed by atoms with E-state index in [-0.39, 0.29) is 24.2 Å². The molecule has 0 radical (unpaired) electrons. The van der Waals surface area contributed by atoms with E-state index in [4.69, 9.17) is 0 Å². The smallest absolute Gasteiger partial charge is 0.255 e. The molecule has 6 heteroatoms. The topological polar surface area (TPSA) is 61.4 Å². The summed E-state index contributed by atoms with van der Waals surface area (Å²) in [4.78, 5) is 26.8. The lowest BCUT2D eigenvalue weighted by molar-refractivity contribution is 0.0690. The fourth-order valence-electron chi connectivity index (χ4n) is 3.36. The number of halogens is 1. The second-order valence-electron chi connectivity index (χ2n) is 6.94. The van der Waals surface area contributed by atoms with Crippen LogP contribution in [0, 0.1) is 5.92 Å². The van der Waals surface area contributed by atoms with Gasteiger partial charge < -0.3 is 15.5 Å². The Bertz CT molecular complexity index is 757. The van der Waals surface area contributed by atoms with Gasteiger partial charge in [0.1, 0.15) is 0 Å². The van der Waals surface area contributed by atoms with E-state index in [1.807, 2.05) is 23.1 Å². The normalized spacial score (nSPS) is 14.2. The van der Waals surface area contributed by atoms with Gasteiger partial charge in [-0.3, -0.25) is 9.59 Å². The van der Waals surface area contributed by atoms with Crippen LogP contribution in [0.3, 0.4) is 0 Å². The van der Waals surface area contributed by atoms with Crippen LogP contribution in [0.1, 0.15) is 40.5 Å². The van der Waals surface area contributed by atoms with E-state index in [0.29, 0.717) is 22.7 Å². The minimum atomic E-state index is -0.155. The summed E-state index contributed by atoms with van der Waals surface area (Å²) in [6.45, 7) is 5.76. The first kappa shape index (κ1) is 21.9. The van der Waals surface area contributed by atoms with Crippen LogP contribution in [0.25, 0.3) is 0 Å². The maximum absolute atomic E-state index is 12.7. The number of rotatable bonds is 6. The Morgan fingerprint density at radius 2 is 1.61 bits per heavy atom. The first-order valence-corrected chi connectivity index (χ1v) is 9.64. The van der Waals surface area contributed by atoms with E-state index >= 15 is 0 Å². The lowest BCUT2D eigenvalue weighted by atomic mass is 9.96. The second kappa shape index (κ2) is 10.8. The quantitative estimate of drug-likeness (QED) is 0.773. The van der Waals surface area contributed by atoms with Crippen molar-refractivity contribution in [3.8, 4) is 0 Å². The summed E-state index contributed by atoms with van der Waals surface area (Å²) in [5.41, 5.74) is 1.96. The Kier molecular flexibility index (Phi) is 8.48. The number of amides is 2. The summed E-state index contributed by atoms with van der Waals surface area (Å²) < 4.78 is 0. The Balaban J connectivity index is 0.00000280. The molecule has 0 unspecified atom stereocenters. The molecule has 2 aromatic rings. The van der Waals surface area contributed by atoms with Gasteiger partial charge in [-0.2, -0.15) is 0 Å². The summed E-state index contributed by atoms with van der Waals surface area (Å²) in [6.07, 6.45) is 2.09. The monoisotopic (exact) mass is 401 g/mol. The Morgan fingerprint density at radius 1 is 0.964 bits per heavy atom. The third kappa shape index (κ3) is 5.81. The van der Waals surface area contributed by atoms with Crippen molar-refractivity contribution in [2.75, 3.05) is 31.5 Å². The van der Waals surface area contributed by atoms with Crippen LogP contribution in [-0.4, -0.2) is 42.9 Å². The maximum atomic E-state index is 12.7. The zero-order valence-corrected chi connectivity index (χ0v) is 17.0. The highest BCUT2D eigenvalue weighted by molar-refractivity contribution is 6.04. The van der Waals surface area contributed by atoms with Crippen molar-refractivity contribution < 1.29 is 9.59 Å². The average Bonchev–Trinajstić information content (AvgIpc) is 2.73. The Labute approximate surface area is 172 Å². The highest BCUT2D eigenvalue weighted by Crippen LogP contribution is 2.19.